The highest BCUT2D eigenvalue weighted by molar-refractivity contribution is 8.77. The maximum atomic E-state index is 11.9. The van der Waals surface area contributed by atoms with Crippen molar-refractivity contribution in [1.29, 1.82) is 0 Å². The summed E-state index contributed by atoms with van der Waals surface area (Å²) in [5, 5.41) is 0.846. The molecule has 2 saturated heterocycles. The highest BCUT2D eigenvalue weighted by Gasteiger charge is 2.18. The molecule has 0 N–H and O–H groups in total. The number of nitrogens with zero attached hydrogens (tertiary/aromatic N) is 1. The molecule has 0 aromatic heterocycles. The number of rotatable bonds is 5. The van der Waals surface area contributed by atoms with Crippen LogP contribution in [0.4, 0.5) is 0 Å². The molecule has 0 saturated carbocycles. The lowest BCUT2D eigenvalue weighted by atomic mass is 10.1. The zero-order chi connectivity index (χ0) is 11.9. The Morgan fingerprint density at radius 1 is 1.29 bits per heavy atom. The quantitative estimate of drug-likeness (QED) is 0.570. The fourth-order valence-electron chi connectivity index (χ4n) is 2.18. The molecule has 0 aromatic rings. The molecule has 98 valence electrons. The predicted molar refractivity (Wildman–Crippen MR) is 74.3 cm³/mol. The Kier molecular flexibility index (Phi) is 6.01. The predicted octanol–water partition coefficient (Wildman–Crippen LogP) is 2.56. The molecule has 1 unspecified atom stereocenters. The highest BCUT2D eigenvalue weighted by atomic mass is 33.1. The normalized spacial score (nSPS) is 25.2. The summed E-state index contributed by atoms with van der Waals surface area (Å²) in [4.78, 5) is 13.8. The molecule has 0 aliphatic carbocycles. The van der Waals surface area contributed by atoms with Crippen molar-refractivity contribution in [2.24, 2.45) is 0 Å². The van der Waals surface area contributed by atoms with Gasteiger partial charge in [-0.1, -0.05) is 28.0 Å². The maximum Gasteiger partial charge on any atom is 0.222 e. The highest BCUT2D eigenvalue weighted by Crippen LogP contribution is 2.39. The van der Waals surface area contributed by atoms with E-state index in [0.29, 0.717) is 19.1 Å². The van der Waals surface area contributed by atoms with E-state index in [9.17, 15) is 4.79 Å². The van der Waals surface area contributed by atoms with Crippen LogP contribution >= 0.6 is 21.6 Å². The maximum absolute atomic E-state index is 11.9. The van der Waals surface area contributed by atoms with E-state index in [1.807, 2.05) is 26.5 Å². The van der Waals surface area contributed by atoms with Crippen molar-refractivity contribution in [3.8, 4) is 0 Å². The van der Waals surface area contributed by atoms with Crippen LogP contribution < -0.4 is 0 Å². The van der Waals surface area contributed by atoms with Crippen molar-refractivity contribution in [3.05, 3.63) is 0 Å². The lowest BCUT2D eigenvalue weighted by molar-refractivity contribution is -0.135. The molecular formula is C12H21NO2S2. The van der Waals surface area contributed by atoms with Gasteiger partial charge in [-0.05, 0) is 19.3 Å². The van der Waals surface area contributed by atoms with Crippen molar-refractivity contribution in [2.75, 3.05) is 32.1 Å². The van der Waals surface area contributed by atoms with Crippen LogP contribution in [0.25, 0.3) is 0 Å². The molecule has 17 heavy (non-hydrogen) atoms. The molecule has 3 nitrogen and oxygen atoms in total. The summed E-state index contributed by atoms with van der Waals surface area (Å²) in [6.45, 7) is 2.99. The average molecular weight is 275 g/mol. The number of ether oxygens (including phenoxy) is 1. The van der Waals surface area contributed by atoms with Gasteiger partial charge < -0.3 is 9.64 Å². The van der Waals surface area contributed by atoms with E-state index in [2.05, 4.69) is 0 Å². The summed E-state index contributed by atoms with van der Waals surface area (Å²) in [5.74, 6) is 1.63. The molecule has 1 atom stereocenters. The second-order valence-corrected chi connectivity index (χ2v) is 7.36. The van der Waals surface area contributed by atoms with Gasteiger partial charge in [-0.25, -0.2) is 0 Å². The summed E-state index contributed by atoms with van der Waals surface area (Å²) in [5.41, 5.74) is 0. The van der Waals surface area contributed by atoms with Crippen LogP contribution in [0.1, 0.15) is 32.1 Å². The van der Waals surface area contributed by atoms with Crippen LogP contribution in [0.2, 0.25) is 0 Å². The van der Waals surface area contributed by atoms with Crippen LogP contribution in [0.5, 0.6) is 0 Å². The van der Waals surface area contributed by atoms with E-state index in [1.165, 1.54) is 25.0 Å². The van der Waals surface area contributed by atoms with Crippen molar-refractivity contribution in [3.63, 3.8) is 0 Å². The minimum absolute atomic E-state index is 0.321. The van der Waals surface area contributed by atoms with Crippen molar-refractivity contribution < 1.29 is 9.53 Å². The van der Waals surface area contributed by atoms with Gasteiger partial charge in [0.05, 0.1) is 13.2 Å². The Morgan fingerprint density at radius 3 is 2.82 bits per heavy atom. The van der Waals surface area contributed by atoms with Crippen molar-refractivity contribution in [1.82, 2.24) is 4.90 Å². The van der Waals surface area contributed by atoms with E-state index in [-0.39, 0.29) is 0 Å². The lowest BCUT2D eigenvalue weighted by Crippen LogP contribution is -2.40. The smallest absolute Gasteiger partial charge is 0.222 e. The molecule has 2 fully saturated rings. The van der Waals surface area contributed by atoms with E-state index < -0.39 is 0 Å². The van der Waals surface area contributed by atoms with Crippen LogP contribution in [-0.4, -0.2) is 48.1 Å². The molecule has 2 aliphatic rings. The molecule has 2 heterocycles. The number of amides is 1. The number of carbonyl (C=O) groups excluding carboxylic acids is 1. The Morgan fingerprint density at radius 2 is 2.12 bits per heavy atom. The van der Waals surface area contributed by atoms with Crippen LogP contribution in [0.15, 0.2) is 0 Å². The monoisotopic (exact) mass is 275 g/mol. The third kappa shape index (κ3) is 4.72. The second-order valence-electron chi connectivity index (χ2n) is 4.57. The molecule has 0 bridgehead atoms. The van der Waals surface area contributed by atoms with Crippen molar-refractivity contribution >= 4 is 27.5 Å². The van der Waals surface area contributed by atoms with Crippen LogP contribution in [0.3, 0.4) is 0 Å². The topological polar surface area (TPSA) is 29.5 Å². The van der Waals surface area contributed by atoms with Gasteiger partial charge in [0.15, 0.2) is 0 Å². The van der Waals surface area contributed by atoms with Gasteiger partial charge in [-0.15, -0.1) is 0 Å². The van der Waals surface area contributed by atoms with Crippen LogP contribution in [0, 0.1) is 0 Å². The molecule has 2 rings (SSSR count). The average Bonchev–Trinajstić information content (AvgIpc) is 2.88. The largest absolute Gasteiger partial charge is 0.378 e. The Balaban J connectivity index is 1.53. The molecule has 2 aliphatic heterocycles. The number of hydrogen-bond donors (Lipinski definition) is 0. The molecule has 0 radical (unpaired) electrons. The summed E-state index contributed by atoms with van der Waals surface area (Å²) in [6, 6.07) is 0. The molecule has 5 heteroatoms. The van der Waals surface area contributed by atoms with Crippen molar-refractivity contribution in [2.45, 2.75) is 37.4 Å². The van der Waals surface area contributed by atoms with Gasteiger partial charge in [0.1, 0.15) is 0 Å². The first-order valence-corrected chi connectivity index (χ1v) is 8.88. The molecular weight excluding hydrogens is 254 g/mol. The van der Waals surface area contributed by atoms with E-state index in [0.717, 1.165) is 31.2 Å². The number of carbonyl (C=O) groups is 1. The number of morpholine rings is 1. The van der Waals surface area contributed by atoms with Gasteiger partial charge in [-0.3, -0.25) is 4.79 Å². The standard InChI is InChI=1S/C12H21NO2S2/c14-12(13-6-8-15-9-7-13)4-2-1-3-11-5-10-16-17-11/h11H,1-10H2. The lowest BCUT2D eigenvalue weighted by Gasteiger charge is -2.26. The first kappa shape index (κ1) is 13.6. The minimum Gasteiger partial charge on any atom is -0.378 e. The SMILES string of the molecule is O=C(CCCCC1CCSS1)N1CCOCC1. The zero-order valence-corrected chi connectivity index (χ0v) is 11.9. The summed E-state index contributed by atoms with van der Waals surface area (Å²) < 4.78 is 5.24. The first-order valence-electron chi connectivity index (χ1n) is 6.50. The first-order chi connectivity index (χ1) is 8.36. The zero-order valence-electron chi connectivity index (χ0n) is 10.2. The third-order valence-electron chi connectivity index (χ3n) is 3.26. The fourth-order valence-corrected chi connectivity index (χ4v) is 5.21. The van der Waals surface area contributed by atoms with Gasteiger partial charge in [0, 0.05) is 30.5 Å². The van der Waals surface area contributed by atoms with Crippen LogP contribution in [-0.2, 0) is 9.53 Å². The van der Waals surface area contributed by atoms with Gasteiger partial charge in [-0.2, -0.15) is 0 Å². The van der Waals surface area contributed by atoms with E-state index in [4.69, 9.17) is 4.74 Å². The van der Waals surface area contributed by atoms with Gasteiger partial charge in [0.25, 0.3) is 0 Å². The molecule has 0 aromatic carbocycles. The Hall–Kier alpha value is 0.130. The minimum atomic E-state index is 0.321. The van der Waals surface area contributed by atoms with E-state index in [1.54, 1.807) is 0 Å². The second kappa shape index (κ2) is 7.54. The van der Waals surface area contributed by atoms with Gasteiger partial charge >= 0.3 is 0 Å². The summed E-state index contributed by atoms with van der Waals surface area (Å²) >= 11 is 0. The number of unbranched alkanes of at least 4 members (excludes halogenated alkanes) is 1. The number of hydrogen-bond acceptors (Lipinski definition) is 4. The molecule has 0 spiro atoms. The van der Waals surface area contributed by atoms with E-state index >= 15 is 0 Å². The van der Waals surface area contributed by atoms with Gasteiger partial charge in [0.2, 0.25) is 5.91 Å². The Bertz CT molecular complexity index is 239. The third-order valence-corrected chi connectivity index (χ3v) is 6.26. The fraction of sp³-hybridized carbons (Fsp3) is 0.917. The molecule has 1 amide bonds. The summed E-state index contributed by atoms with van der Waals surface area (Å²) in [7, 11) is 4.03. The summed E-state index contributed by atoms with van der Waals surface area (Å²) in [6.07, 6.45) is 5.62. The Labute approximate surface area is 111 Å².